The average Bonchev–Trinajstić information content (AvgIpc) is 3.26. The van der Waals surface area contributed by atoms with Gasteiger partial charge in [-0.15, -0.1) is 0 Å². The predicted molar refractivity (Wildman–Crippen MR) is 93.9 cm³/mol. The summed E-state index contributed by atoms with van der Waals surface area (Å²) in [5.41, 5.74) is 0.788. The highest BCUT2D eigenvalue weighted by Crippen LogP contribution is 2.37. The van der Waals surface area contributed by atoms with Crippen molar-refractivity contribution < 1.29 is 33.7 Å². The van der Waals surface area contributed by atoms with Gasteiger partial charge in [0.25, 0.3) is 0 Å². The number of fused-ring (bicyclic) bond motifs is 1. The minimum atomic E-state index is -1.49. The summed E-state index contributed by atoms with van der Waals surface area (Å²) in [7, 11) is 1.38. The molecule has 0 amide bonds. The number of hydrogen-bond donors (Lipinski definition) is 4. The van der Waals surface area contributed by atoms with E-state index in [9.17, 15) is 24.1 Å². The Bertz CT molecular complexity index is 1100. The van der Waals surface area contributed by atoms with E-state index in [-0.39, 0.29) is 5.56 Å². The first kappa shape index (κ1) is 19.5. The lowest BCUT2D eigenvalue weighted by atomic mass is 9.99. The van der Waals surface area contributed by atoms with Gasteiger partial charge in [-0.3, -0.25) is 0 Å². The Labute approximate surface area is 162 Å². The van der Waals surface area contributed by atoms with Gasteiger partial charge in [0.05, 0.1) is 11.7 Å². The van der Waals surface area contributed by atoms with E-state index in [0.29, 0.717) is 16.5 Å². The summed E-state index contributed by atoms with van der Waals surface area (Å²) < 4.78 is 33.9. The van der Waals surface area contributed by atoms with Crippen LogP contribution in [0.2, 0.25) is 0 Å². The topological polar surface area (TPSA) is 125 Å². The van der Waals surface area contributed by atoms with E-state index in [2.05, 4.69) is 15.1 Å². The van der Waals surface area contributed by atoms with Crippen molar-refractivity contribution in [2.45, 2.75) is 30.6 Å². The van der Waals surface area contributed by atoms with E-state index in [0.717, 1.165) is 12.1 Å². The van der Waals surface area contributed by atoms with Crippen LogP contribution in [-0.4, -0.2) is 55.3 Å². The molecule has 0 aliphatic carbocycles. The number of aromatic amines is 1. The zero-order chi connectivity index (χ0) is 20.7. The number of nitrogens with one attached hydrogen (secondary N) is 1. The third kappa shape index (κ3) is 3.27. The number of aliphatic hydroxyl groups is 3. The van der Waals surface area contributed by atoms with Crippen LogP contribution in [0, 0.1) is 11.6 Å². The first-order chi connectivity index (χ1) is 13.9. The Hall–Kier alpha value is -2.86. The van der Waals surface area contributed by atoms with E-state index in [4.69, 9.17) is 9.57 Å². The van der Waals surface area contributed by atoms with Gasteiger partial charge in [0, 0.05) is 6.20 Å². The van der Waals surface area contributed by atoms with Crippen molar-refractivity contribution in [2.75, 3.05) is 7.11 Å². The van der Waals surface area contributed by atoms with Crippen molar-refractivity contribution in [3.8, 4) is 0 Å². The lowest BCUT2D eigenvalue weighted by Crippen LogP contribution is -2.34. The van der Waals surface area contributed by atoms with Gasteiger partial charge in [-0.2, -0.15) is 0 Å². The van der Waals surface area contributed by atoms with Gasteiger partial charge in [-0.05, 0) is 23.8 Å². The Morgan fingerprint density at radius 1 is 1.24 bits per heavy atom. The number of H-pyrrole nitrogens is 1. The summed E-state index contributed by atoms with van der Waals surface area (Å²) in [5.74, 6) is -2.20. The van der Waals surface area contributed by atoms with Crippen LogP contribution < -0.4 is 5.49 Å². The maximum absolute atomic E-state index is 13.5. The maximum Gasteiger partial charge on any atom is 0.203 e. The van der Waals surface area contributed by atoms with Gasteiger partial charge in [0.2, 0.25) is 5.49 Å². The molecule has 0 radical (unpaired) electrons. The molecule has 2 aromatic heterocycles. The molecule has 4 N–H and O–H groups in total. The molecule has 3 aromatic rings. The van der Waals surface area contributed by atoms with Crippen molar-refractivity contribution in [3.05, 3.63) is 59.5 Å². The van der Waals surface area contributed by atoms with Crippen LogP contribution in [0.1, 0.15) is 17.9 Å². The first-order valence-electron chi connectivity index (χ1n) is 8.68. The van der Waals surface area contributed by atoms with Crippen LogP contribution in [0.3, 0.4) is 0 Å². The van der Waals surface area contributed by atoms with Crippen LogP contribution in [0.25, 0.3) is 11.0 Å². The molecule has 5 atom stereocenters. The van der Waals surface area contributed by atoms with Crippen LogP contribution >= 0.6 is 0 Å². The monoisotopic (exact) mass is 408 g/mol. The van der Waals surface area contributed by atoms with E-state index in [1.54, 1.807) is 12.3 Å². The molecule has 1 aliphatic rings. The molecule has 0 saturated carbocycles. The molecule has 1 aliphatic heterocycles. The Morgan fingerprint density at radius 3 is 2.76 bits per heavy atom. The van der Waals surface area contributed by atoms with Gasteiger partial charge in [-0.1, -0.05) is 11.2 Å². The molecule has 154 valence electrons. The van der Waals surface area contributed by atoms with Crippen LogP contribution in [0.4, 0.5) is 8.78 Å². The quantitative estimate of drug-likeness (QED) is 0.465. The SMILES string of the molecule is CON=c1nc[nH]c2c1ccn2[C@@H]1O[C@H]([C@H](O)c2ccc(F)c(F)c2)[C@@H](O)[C@H]1O. The average molecular weight is 408 g/mol. The molecule has 1 saturated heterocycles. The van der Waals surface area contributed by atoms with Gasteiger partial charge >= 0.3 is 0 Å². The molecule has 29 heavy (non-hydrogen) atoms. The molecule has 0 spiro atoms. The number of benzene rings is 1. The summed E-state index contributed by atoms with van der Waals surface area (Å²) in [4.78, 5) is 11.7. The zero-order valence-corrected chi connectivity index (χ0v) is 15.1. The van der Waals surface area contributed by atoms with Crippen molar-refractivity contribution >= 4 is 11.0 Å². The van der Waals surface area contributed by atoms with Crippen molar-refractivity contribution in [2.24, 2.45) is 5.16 Å². The van der Waals surface area contributed by atoms with Gasteiger partial charge in [-0.25, -0.2) is 13.8 Å². The highest BCUT2D eigenvalue weighted by molar-refractivity contribution is 5.74. The minimum Gasteiger partial charge on any atom is -0.397 e. The maximum atomic E-state index is 13.5. The van der Waals surface area contributed by atoms with Crippen LogP contribution in [-0.2, 0) is 9.57 Å². The molecule has 3 heterocycles. The first-order valence-corrected chi connectivity index (χ1v) is 8.68. The summed E-state index contributed by atoms with van der Waals surface area (Å²) in [6.45, 7) is 0. The number of ether oxygens (including phenoxy) is 1. The molecule has 0 unspecified atom stereocenters. The molecular weight excluding hydrogens is 390 g/mol. The highest BCUT2D eigenvalue weighted by Gasteiger charge is 2.47. The fourth-order valence-corrected chi connectivity index (χ4v) is 3.44. The molecule has 0 bridgehead atoms. The van der Waals surface area contributed by atoms with Crippen molar-refractivity contribution in [3.63, 3.8) is 0 Å². The molecule has 1 fully saturated rings. The number of nitrogens with zero attached hydrogens (tertiary/aromatic N) is 3. The molecule has 1 aromatic carbocycles. The second kappa shape index (κ2) is 7.52. The summed E-state index contributed by atoms with van der Waals surface area (Å²) in [5, 5.41) is 35.8. The third-order valence-electron chi connectivity index (χ3n) is 4.87. The number of halogens is 2. The predicted octanol–water partition coefficient (Wildman–Crippen LogP) is 0.457. The third-order valence-corrected chi connectivity index (χ3v) is 4.87. The van der Waals surface area contributed by atoms with Crippen molar-refractivity contribution in [1.29, 1.82) is 0 Å². The summed E-state index contributed by atoms with van der Waals surface area (Å²) in [6.07, 6.45) is -3.76. The molecular formula is C18H18F2N4O5. The number of rotatable bonds is 4. The van der Waals surface area contributed by atoms with E-state index in [1.165, 1.54) is 24.1 Å². The number of aliphatic hydroxyl groups excluding tert-OH is 3. The Morgan fingerprint density at radius 2 is 2.03 bits per heavy atom. The van der Waals surface area contributed by atoms with Gasteiger partial charge < -0.3 is 34.4 Å². The highest BCUT2D eigenvalue weighted by atomic mass is 19.2. The lowest BCUT2D eigenvalue weighted by Gasteiger charge is -2.21. The van der Waals surface area contributed by atoms with E-state index in [1.807, 2.05) is 0 Å². The number of aromatic nitrogens is 3. The van der Waals surface area contributed by atoms with E-state index < -0.39 is 42.3 Å². The fraction of sp³-hybridized carbons (Fsp3) is 0.333. The van der Waals surface area contributed by atoms with Gasteiger partial charge in [0.15, 0.2) is 17.9 Å². The molecule has 9 nitrogen and oxygen atoms in total. The molecule has 11 heteroatoms. The minimum absolute atomic E-state index is 0.00936. The fourth-order valence-electron chi connectivity index (χ4n) is 3.44. The van der Waals surface area contributed by atoms with Crippen molar-refractivity contribution in [1.82, 2.24) is 14.5 Å². The normalized spacial score (nSPS) is 26.2. The summed E-state index contributed by atoms with van der Waals surface area (Å²) in [6, 6.07) is 4.53. The lowest BCUT2D eigenvalue weighted by molar-refractivity contribution is -0.0849. The van der Waals surface area contributed by atoms with E-state index >= 15 is 0 Å². The second-order valence-electron chi connectivity index (χ2n) is 6.58. The Balaban J connectivity index is 1.67. The van der Waals surface area contributed by atoms with Gasteiger partial charge in [0.1, 0.15) is 37.2 Å². The molecule has 4 rings (SSSR count). The smallest absolute Gasteiger partial charge is 0.203 e. The second-order valence-corrected chi connectivity index (χ2v) is 6.58. The Kier molecular flexibility index (Phi) is 5.04. The summed E-state index contributed by atoms with van der Waals surface area (Å²) >= 11 is 0. The largest absolute Gasteiger partial charge is 0.397 e. The standard InChI is InChI=1S/C18H18F2N4O5/c1-28-23-16-9-4-5-24(17(9)22-7-21-16)18-14(27)13(26)15(29-18)12(25)8-2-3-10(19)11(20)6-8/h2-7,12-15,18,25-27H,1H3,(H,21,22,23)/t12-,13+,14-,15-,18-/m1/s1. The zero-order valence-electron chi connectivity index (χ0n) is 15.1. The van der Waals surface area contributed by atoms with Crippen LogP contribution in [0.5, 0.6) is 0 Å². The number of hydrogen-bond acceptors (Lipinski definition) is 7. The van der Waals surface area contributed by atoms with Crippen LogP contribution in [0.15, 0.2) is 41.9 Å².